The lowest BCUT2D eigenvalue weighted by Gasteiger charge is -2.17. The Kier molecular flexibility index (Phi) is 7.54. The summed E-state index contributed by atoms with van der Waals surface area (Å²) in [6, 6.07) is -0.790. The van der Waals surface area contributed by atoms with Crippen LogP contribution in [0.4, 0.5) is 0 Å². The second kappa shape index (κ2) is 8.10. The van der Waals surface area contributed by atoms with Crippen LogP contribution in [0.25, 0.3) is 0 Å². The number of rotatable bonds is 8. The molecule has 5 nitrogen and oxygen atoms in total. The Morgan fingerprint density at radius 1 is 1.25 bits per heavy atom. The van der Waals surface area contributed by atoms with Crippen LogP contribution in [0.2, 0.25) is 0 Å². The van der Waals surface area contributed by atoms with Crippen molar-refractivity contribution in [2.24, 2.45) is 11.7 Å². The average Bonchev–Trinajstić information content (AvgIpc) is 2.20. The van der Waals surface area contributed by atoms with Crippen molar-refractivity contribution >= 4 is 11.9 Å². The van der Waals surface area contributed by atoms with Crippen LogP contribution in [0.3, 0.4) is 0 Å². The molecular formula is C11H22N2O3. The molecule has 0 saturated heterocycles. The van der Waals surface area contributed by atoms with Gasteiger partial charge in [-0.3, -0.25) is 4.79 Å². The summed E-state index contributed by atoms with van der Waals surface area (Å²) in [6.45, 7) is 4.17. The number of nitrogens with two attached hydrogens (primary N) is 1. The highest BCUT2D eigenvalue weighted by Crippen LogP contribution is 2.04. The third-order valence-electron chi connectivity index (χ3n) is 2.36. The fraction of sp³-hybridized carbons (Fsp3) is 0.818. The lowest BCUT2D eigenvalue weighted by atomic mass is 10.0. The third kappa shape index (κ3) is 6.40. The van der Waals surface area contributed by atoms with Gasteiger partial charge in [-0.2, -0.15) is 0 Å². The van der Waals surface area contributed by atoms with Crippen molar-refractivity contribution in [3.63, 3.8) is 0 Å². The van der Waals surface area contributed by atoms with Gasteiger partial charge >= 0.3 is 5.97 Å². The first-order chi connectivity index (χ1) is 7.49. The highest BCUT2D eigenvalue weighted by Gasteiger charge is 2.22. The van der Waals surface area contributed by atoms with Gasteiger partial charge in [0.2, 0.25) is 5.91 Å². The van der Waals surface area contributed by atoms with Crippen molar-refractivity contribution in [1.29, 1.82) is 0 Å². The van der Waals surface area contributed by atoms with Crippen LogP contribution in [-0.2, 0) is 9.59 Å². The normalized spacial score (nSPS) is 12.5. The molecule has 0 aromatic rings. The summed E-state index contributed by atoms with van der Waals surface area (Å²) >= 11 is 0. The molecule has 4 N–H and O–H groups in total. The fourth-order valence-electron chi connectivity index (χ4n) is 1.37. The highest BCUT2D eigenvalue weighted by atomic mass is 16.4. The predicted molar refractivity (Wildman–Crippen MR) is 61.9 cm³/mol. The quantitative estimate of drug-likeness (QED) is 0.536. The van der Waals surface area contributed by atoms with E-state index in [1.165, 1.54) is 0 Å². The van der Waals surface area contributed by atoms with Gasteiger partial charge in [0.1, 0.15) is 6.04 Å². The molecule has 0 radical (unpaired) electrons. The Bertz CT molecular complexity index is 229. The molecule has 0 fully saturated rings. The number of carbonyl (C=O) groups excluding carboxylic acids is 1. The van der Waals surface area contributed by atoms with Crippen LogP contribution in [0.5, 0.6) is 0 Å². The number of nitrogens with one attached hydrogen (secondary N) is 1. The number of carboxylic acids is 1. The Hall–Kier alpha value is -1.10. The van der Waals surface area contributed by atoms with E-state index in [1.807, 2.05) is 0 Å². The van der Waals surface area contributed by atoms with Crippen molar-refractivity contribution in [1.82, 2.24) is 5.32 Å². The zero-order chi connectivity index (χ0) is 12.6. The summed E-state index contributed by atoms with van der Waals surface area (Å²) in [6.07, 6.45) is 2.94. The van der Waals surface area contributed by atoms with Crippen molar-refractivity contribution in [2.45, 2.75) is 45.6 Å². The Labute approximate surface area is 96.4 Å². The maximum absolute atomic E-state index is 11.4. The minimum atomic E-state index is -0.981. The van der Waals surface area contributed by atoms with Gasteiger partial charge in [0.05, 0.1) is 0 Å². The number of amides is 1. The maximum atomic E-state index is 11.4. The van der Waals surface area contributed by atoms with Crippen molar-refractivity contribution in [3.8, 4) is 0 Å². The molecule has 0 aliphatic heterocycles. The molecule has 0 bridgehead atoms. The van der Waals surface area contributed by atoms with Crippen molar-refractivity contribution < 1.29 is 14.7 Å². The van der Waals surface area contributed by atoms with Gasteiger partial charge in [-0.25, -0.2) is 4.79 Å². The molecule has 0 aliphatic carbocycles. The first-order valence-corrected chi connectivity index (χ1v) is 5.71. The average molecular weight is 230 g/mol. The Morgan fingerprint density at radius 2 is 1.88 bits per heavy atom. The van der Waals surface area contributed by atoms with E-state index in [2.05, 4.69) is 5.32 Å². The maximum Gasteiger partial charge on any atom is 0.326 e. The second-order valence-electron chi connectivity index (χ2n) is 4.23. The summed E-state index contributed by atoms with van der Waals surface area (Å²) in [7, 11) is 0. The minimum Gasteiger partial charge on any atom is -0.480 e. The van der Waals surface area contributed by atoms with Crippen LogP contribution in [0.1, 0.15) is 39.5 Å². The highest BCUT2D eigenvalue weighted by molar-refractivity contribution is 5.83. The first-order valence-electron chi connectivity index (χ1n) is 5.71. The smallest absolute Gasteiger partial charge is 0.326 e. The standard InChI is InChI=1S/C11H22N2O3/c1-8(2)10(11(15)16)13-9(14)6-4-3-5-7-12/h8,10H,3-7,12H2,1-2H3,(H,13,14)(H,15,16)/t10-/m1/s1. The summed E-state index contributed by atoms with van der Waals surface area (Å²) < 4.78 is 0. The van der Waals surface area contributed by atoms with Gasteiger partial charge in [-0.15, -0.1) is 0 Å². The van der Waals surface area contributed by atoms with E-state index in [4.69, 9.17) is 10.8 Å². The van der Waals surface area contributed by atoms with Crippen molar-refractivity contribution in [2.75, 3.05) is 6.54 Å². The number of hydrogen-bond donors (Lipinski definition) is 3. The molecule has 1 atom stereocenters. The zero-order valence-electron chi connectivity index (χ0n) is 10.0. The van der Waals surface area contributed by atoms with Gasteiger partial charge in [0.15, 0.2) is 0 Å². The lowest BCUT2D eigenvalue weighted by molar-refractivity contribution is -0.143. The van der Waals surface area contributed by atoms with Crippen LogP contribution in [-0.4, -0.2) is 29.6 Å². The molecule has 0 aliphatic rings. The largest absolute Gasteiger partial charge is 0.480 e. The number of aliphatic carboxylic acids is 1. The van der Waals surface area contributed by atoms with Crippen LogP contribution in [0, 0.1) is 5.92 Å². The molecule has 1 amide bonds. The molecule has 0 aromatic carbocycles. The monoisotopic (exact) mass is 230 g/mol. The molecular weight excluding hydrogens is 208 g/mol. The van der Waals surface area contributed by atoms with Gasteiger partial charge < -0.3 is 16.2 Å². The van der Waals surface area contributed by atoms with Gasteiger partial charge in [0, 0.05) is 6.42 Å². The topological polar surface area (TPSA) is 92.4 Å². The SMILES string of the molecule is CC(C)[C@@H](NC(=O)CCCCCN)C(=O)O. The molecule has 0 spiro atoms. The van der Waals surface area contributed by atoms with Crippen LogP contribution < -0.4 is 11.1 Å². The molecule has 0 aromatic heterocycles. The van der Waals surface area contributed by atoms with E-state index in [0.29, 0.717) is 13.0 Å². The van der Waals surface area contributed by atoms with Crippen LogP contribution in [0.15, 0.2) is 0 Å². The third-order valence-corrected chi connectivity index (χ3v) is 2.36. The molecule has 0 rings (SSSR count). The van der Waals surface area contributed by atoms with Gasteiger partial charge in [0.25, 0.3) is 0 Å². The van der Waals surface area contributed by atoms with Crippen LogP contribution >= 0.6 is 0 Å². The summed E-state index contributed by atoms with van der Waals surface area (Å²) in [4.78, 5) is 22.2. The molecule has 0 saturated carbocycles. The minimum absolute atomic E-state index is 0.106. The predicted octanol–water partition coefficient (Wildman–Crippen LogP) is 0.731. The number of unbranched alkanes of at least 4 members (excludes halogenated alkanes) is 2. The van der Waals surface area contributed by atoms with Crippen molar-refractivity contribution in [3.05, 3.63) is 0 Å². The fourth-order valence-corrected chi connectivity index (χ4v) is 1.37. The first kappa shape index (κ1) is 14.9. The Balaban J connectivity index is 3.87. The van der Waals surface area contributed by atoms with E-state index >= 15 is 0 Å². The van der Waals surface area contributed by atoms with E-state index in [9.17, 15) is 9.59 Å². The zero-order valence-corrected chi connectivity index (χ0v) is 10.0. The van der Waals surface area contributed by atoms with Gasteiger partial charge in [-0.1, -0.05) is 20.3 Å². The van der Waals surface area contributed by atoms with Gasteiger partial charge in [-0.05, 0) is 25.3 Å². The number of hydrogen-bond acceptors (Lipinski definition) is 3. The number of carboxylic acid groups (broad SMARTS) is 1. The van der Waals surface area contributed by atoms with E-state index in [1.54, 1.807) is 13.8 Å². The van der Waals surface area contributed by atoms with E-state index in [0.717, 1.165) is 19.3 Å². The summed E-state index contributed by atoms with van der Waals surface area (Å²) in [5.41, 5.74) is 5.33. The molecule has 0 unspecified atom stereocenters. The lowest BCUT2D eigenvalue weighted by Crippen LogP contribution is -2.44. The van der Waals surface area contributed by atoms with E-state index in [-0.39, 0.29) is 11.8 Å². The summed E-state index contributed by atoms with van der Waals surface area (Å²) in [5.74, 6) is -1.28. The molecule has 16 heavy (non-hydrogen) atoms. The second-order valence-corrected chi connectivity index (χ2v) is 4.23. The summed E-state index contributed by atoms with van der Waals surface area (Å²) in [5, 5.41) is 11.4. The Morgan fingerprint density at radius 3 is 2.31 bits per heavy atom. The molecule has 0 heterocycles. The van der Waals surface area contributed by atoms with E-state index < -0.39 is 12.0 Å². The molecule has 5 heteroatoms. The number of carbonyl (C=O) groups is 2. The molecule has 94 valence electrons.